The number of thiol groups is 1. The third-order valence-electron chi connectivity index (χ3n) is 4.06. The van der Waals surface area contributed by atoms with Crippen LogP contribution in [0.2, 0.25) is 0 Å². The number of fused-ring (bicyclic) bond motifs is 1. The predicted octanol–water partition coefficient (Wildman–Crippen LogP) is 3.12. The number of unbranched alkanes of at least 4 members (excludes halogenated alkanes) is 1. The summed E-state index contributed by atoms with van der Waals surface area (Å²) >= 11 is 4.77. The van der Waals surface area contributed by atoms with Gasteiger partial charge in [-0.1, -0.05) is 19.8 Å². The van der Waals surface area contributed by atoms with Crippen molar-refractivity contribution >= 4 is 12.6 Å². The average molecular weight is 227 g/mol. The highest BCUT2D eigenvalue weighted by molar-refractivity contribution is 7.81. The fourth-order valence-corrected chi connectivity index (χ4v) is 3.84. The van der Waals surface area contributed by atoms with Gasteiger partial charge in [0.05, 0.1) is 5.92 Å². The molecule has 0 spiro atoms. The van der Waals surface area contributed by atoms with Crippen LogP contribution in [0.3, 0.4) is 0 Å². The fraction of sp³-hybridized carbons (Fsp3) is 1.00. The summed E-state index contributed by atoms with van der Waals surface area (Å²) in [5.41, 5.74) is 0.259. The van der Waals surface area contributed by atoms with Crippen molar-refractivity contribution in [2.24, 2.45) is 11.0 Å². The van der Waals surface area contributed by atoms with Gasteiger partial charge < -0.3 is 0 Å². The highest BCUT2D eigenvalue weighted by atomic mass is 32.1. The maximum Gasteiger partial charge on any atom is 0.174 e. The molecule has 0 amide bonds. The SMILES string of the molecule is CCCCC12CCCC(S)C1C[N+](C)=N2. The molecule has 0 aromatic heterocycles. The molecule has 1 aliphatic heterocycles. The van der Waals surface area contributed by atoms with Gasteiger partial charge in [0.1, 0.15) is 5.54 Å². The summed E-state index contributed by atoms with van der Waals surface area (Å²) in [6.07, 6.45) is 7.75. The fourth-order valence-electron chi connectivity index (χ4n) is 3.29. The van der Waals surface area contributed by atoms with E-state index in [-0.39, 0.29) is 5.54 Å². The minimum absolute atomic E-state index is 0.259. The zero-order valence-electron chi connectivity index (χ0n) is 9.95. The highest BCUT2D eigenvalue weighted by Crippen LogP contribution is 2.45. The molecule has 0 aromatic carbocycles. The van der Waals surface area contributed by atoms with E-state index >= 15 is 0 Å². The van der Waals surface area contributed by atoms with Gasteiger partial charge >= 0.3 is 0 Å². The van der Waals surface area contributed by atoms with Crippen LogP contribution in [0.15, 0.2) is 5.11 Å². The number of hydrogen-bond donors (Lipinski definition) is 1. The molecule has 1 heterocycles. The van der Waals surface area contributed by atoms with Crippen molar-refractivity contribution in [1.82, 2.24) is 0 Å². The van der Waals surface area contributed by atoms with E-state index in [1.807, 2.05) is 0 Å². The smallest absolute Gasteiger partial charge is 0.174 e. The highest BCUT2D eigenvalue weighted by Gasteiger charge is 2.52. The molecular weight excluding hydrogens is 204 g/mol. The molecule has 1 saturated carbocycles. The van der Waals surface area contributed by atoms with Crippen LogP contribution in [0.25, 0.3) is 0 Å². The quantitative estimate of drug-likeness (QED) is 0.563. The van der Waals surface area contributed by atoms with E-state index in [0.717, 1.165) is 6.54 Å². The lowest BCUT2D eigenvalue weighted by molar-refractivity contribution is -0.556. The Hall–Kier alpha value is -0.0500. The minimum atomic E-state index is 0.259. The van der Waals surface area contributed by atoms with Gasteiger partial charge in [0, 0.05) is 5.25 Å². The molecular formula is C12H23N2S+. The molecule has 0 aromatic rings. The topological polar surface area (TPSA) is 15.4 Å². The lowest BCUT2D eigenvalue weighted by Crippen LogP contribution is -2.43. The molecule has 0 saturated heterocycles. The number of rotatable bonds is 3. The Morgan fingerprint density at radius 3 is 3.07 bits per heavy atom. The van der Waals surface area contributed by atoms with Crippen molar-refractivity contribution in [1.29, 1.82) is 0 Å². The molecule has 2 aliphatic rings. The Balaban J connectivity index is 2.15. The predicted molar refractivity (Wildman–Crippen MR) is 65.9 cm³/mol. The summed E-state index contributed by atoms with van der Waals surface area (Å²) in [5.74, 6) is 0.700. The number of hydrogen-bond acceptors (Lipinski definition) is 2. The van der Waals surface area contributed by atoms with Gasteiger partial charge in [0.15, 0.2) is 13.6 Å². The van der Waals surface area contributed by atoms with E-state index in [1.54, 1.807) is 0 Å². The molecule has 3 heteroatoms. The van der Waals surface area contributed by atoms with Crippen LogP contribution in [-0.4, -0.2) is 29.1 Å². The Kier molecular flexibility index (Phi) is 3.39. The molecule has 2 rings (SSSR count). The van der Waals surface area contributed by atoms with Gasteiger partial charge in [-0.15, -0.1) is 4.70 Å². The molecule has 15 heavy (non-hydrogen) atoms. The Labute approximate surface area is 98.6 Å². The monoisotopic (exact) mass is 227 g/mol. The van der Waals surface area contributed by atoms with Gasteiger partial charge in [-0.3, -0.25) is 0 Å². The summed E-state index contributed by atoms with van der Waals surface area (Å²) in [7, 11) is 2.12. The third kappa shape index (κ3) is 2.08. The summed E-state index contributed by atoms with van der Waals surface area (Å²) in [5, 5.41) is 5.49. The molecule has 1 aliphatic carbocycles. The van der Waals surface area contributed by atoms with Gasteiger partial charge in [-0.2, -0.15) is 12.6 Å². The Morgan fingerprint density at radius 1 is 1.53 bits per heavy atom. The second kappa shape index (κ2) is 4.44. The molecule has 0 radical (unpaired) electrons. The zero-order chi connectivity index (χ0) is 10.9. The summed E-state index contributed by atoms with van der Waals surface area (Å²) in [4.78, 5) is 0. The largest absolute Gasteiger partial charge is 0.175 e. The molecule has 0 bridgehead atoms. The van der Waals surface area contributed by atoms with E-state index in [9.17, 15) is 0 Å². The van der Waals surface area contributed by atoms with Crippen molar-refractivity contribution in [2.45, 2.75) is 56.2 Å². The first kappa shape index (κ1) is 11.4. The summed E-state index contributed by atoms with van der Waals surface area (Å²) in [6.45, 7) is 3.39. The van der Waals surface area contributed by atoms with Gasteiger partial charge in [0.2, 0.25) is 0 Å². The molecule has 3 atom stereocenters. The molecule has 2 nitrogen and oxygen atoms in total. The van der Waals surface area contributed by atoms with Gasteiger partial charge in [-0.05, 0) is 30.8 Å². The van der Waals surface area contributed by atoms with E-state index in [4.69, 9.17) is 17.7 Å². The minimum Gasteiger partial charge on any atom is -0.175 e. The normalized spacial score (nSPS) is 40.1. The molecule has 3 unspecified atom stereocenters. The van der Waals surface area contributed by atoms with Crippen LogP contribution < -0.4 is 0 Å². The first-order valence-electron chi connectivity index (χ1n) is 6.30. The van der Waals surface area contributed by atoms with Crippen molar-refractivity contribution in [3.8, 4) is 0 Å². The number of azo groups is 2. The summed E-state index contributed by atoms with van der Waals surface area (Å²) in [6, 6.07) is 0. The third-order valence-corrected chi connectivity index (χ3v) is 4.68. The second-order valence-electron chi connectivity index (χ2n) is 5.21. The molecule has 0 N–H and O–H groups in total. The average Bonchev–Trinajstić information content (AvgIpc) is 2.54. The van der Waals surface area contributed by atoms with Crippen LogP contribution in [0, 0.1) is 5.92 Å². The van der Waals surface area contributed by atoms with E-state index in [2.05, 4.69) is 18.7 Å². The van der Waals surface area contributed by atoms with Crippen LogP contribution >= 0.6 is 12.6 Å². The van der Waals surface area contributed by atoms with Crippen molar-refractivity contribution in [3.05, 3.63) is 0 Å². The van der Waals surface area contributed by atoms with Crippen LogP contribution in [-0.2, 0) is 0 Å². The lowest BCUT2D eigenvalue weighted by Gasteiger charge is -2.36. The molecule has 86 valence electrons. The van der Waals surface area contributed by atoms with Gasteiger partial charge in [-0.25, -0.2) is 0 Å². The zero-order valence-corrected chi connectivity index (χ0v) is 10.8. The van der Waals surface area contributed by atoms with E-state index < -0.39 is 0 Å². The standard InChI is InChI=1S/C12H22N2S/c1-3-4-7-12-8-5-6-11(15)10(12)9-14(2)13-12/h10-11H,3-9H2,1-2H3/p+1. The van der Waals surface area contributed by atoms with E-state index in [0.29, 0.717) is 11.2 Å². The lowest BCUT2D eigenvalue weighted by atomic mass is 9.71. The van der Waals surface area contributed by atoms with Crippen LogP contribution in [0.1, 0.15) is 45.4 Å². The van der Waals surface area contributed by atoms with Crippen molar-refractivity contribution < 1.29 is 4.70 Å². The second-order valence-corrected chi connectivity index (χ2v) is 5.88. The van der Waals surface area contributed by atoms with Crippen molar-refractivity contribution in [3.63, 3.8) is 0 Å². The number of nitrogens with zero attached hydrogens (tertiary/aromatic N) is 2. The van der Waals surface area contributed by atoms with Crippen LogP contribution in [0.5, 0.6) is 0 Å². The maximum absolute atomic E-state index is 4.91. The molecule has 1 fully saturated rings. The van der Waals surface area contributed by atoms with Gasteiger partial charge in [0.25, 0.3) is 0 Å². The summed E-state index contributed by atoms with van der Waals surface area (Å²) < 4.78 is 2.16. The Morgan fingerprint density at radius 2 is 2.33 bits per heavy atom. The first-order valence-corrected chi connectivity index (χ1v) is 6.81. The van der Waals surface area contributed by atoms with Crippen LogP contribution in [0.4, 0.5) is 0 Å². The van der Waals surface area contributed by atoms with E-state index in [1.165, 1.54) is 38.5 Å². The Bertz CT molecular complexity index is 264. The maximum atomic E-state index is 4.91. The van der Waals surface area contributed by atoms with Crippen molar-refractivity contribution in [2.75, 3.05) is 13.6 Å². The first-order chi connectivity index (χ1) is 7.18.